The van der Waals surface area contributed by atoms with E-state index in [0.717, 1.165) is 45.2 Å². The van der Waals surface area contributed by atoms with E-state index in [1.807, 2.05) is 17.0 Å². The number of fused-ring (bicyclic) bond motifs is 2. The highest BCUT2D eigenvalue weighted by Gasteiger charge is 2.50. The lowest BCUT2D eigenvalue weighted by atomic mass is 9.72. The molecule has 10 nitrogen and oxygen atoms in total. The van der Waals surface area contributed by atoms with Crippen LogP contribution in [0.2, 0.25) is 10.0 Å². The molecule has 18 heteroatoms. The Morgan fingerprint density at radius 2 is 1.55 bits per heavy atom. The molecule has 7 rings (SSSR count). The van der Waals surface area contributed by atoms with Crippen molar-refractivity contribution in [2.45, 2.75) is 80.8 Å². The third-order valence-electron chi connectivity index (χ3n) is 13.3. The minimum Gasteiger partial charge on any atom is -0.367 e. The second kappa shape index (κ2) is 19.8. The van der Waals surface area contributed by atoms with Gasteiger partial charge in [0.25, 0.3) is 5.91 Å². The zero-order valence-electron chi connectivity index (χ0n) is 35.6. The summed E-state index contributed by atoms with van der Waals surface area (Å²) in [6.45, 7) is 3.87. The molecule has 1 N–H and O–H groups in total. The Bertz CT molecular complexity index is 2130. The third-order valence-corrected chi connectivity index (χ3v) is 14.1. The molecular formula is C46H53Cl2F6N5O5. The number of rotatable bonds is 12. The van der Waals surface area contributed by atoms with E-state index >= 15 is 0 Å². The lowest BCUT2D eigenvalue weighted by Gasteiger charge is -2.46. The number of alkyl halides is 6. The van der Waals surface area contributed by atoms with Crippen LogP contribution in [-0.4, -0.2) is 123 Å². The van der Waals surface area contributed by atoms with E-state index in [1.165, 1.54) is 16.0 Å². The van der Waals surface area contributed by atoms with Gasteiger partial charge in [-0.25, -0.2) is 4.79 Å². The van der Waals surface area contributed by atoms with Gasteiger partial charge in [-0.2, -0.15) is 26.3 Å². The Morgan fingerprint density at radius 1 is 0.859 bits per heavy atom. The molecule has 0 bridgehead atoms. The van der Waals surface area contributed by atoms with Crippen molar-refractivity contribution >= 4 is 41.0 Å². The quantitative estimate of drug-likeness (QED) is 0.144. The van der Waals surface area contributed by atoms with Gasteiger partial charge in [0.15, 0.2) is 0 Å². The molecular weight excluding hydrogens is 887 g/mol. The highest BCUT2D eigenvalue weighted by atomic mass is 35.5. The SMILES string of the molecule is CN(CCCNC(=O)N1CCCCC1)C(=O)COC1Cc2ccccc2C12CCN(CC[C@@]1(c3ccc(Cl)c(Cl)c3)CN(C(=O)c3cc(C(F)(F)F)cc(C(F)(F)F)c3)CCO1)CC2. The molecule has 3 aromatic rings. The molecule has 3 aliphatic heterocycles. The molecule has 1 spiro atoms. The lowest BCUT2D eigenvalue weighted by Crippen LogP contribution is -2.54. The highest BCUT2D eigenvalue weighted by Crippen LogP contribution is 2.48. The van der Waals surface area contributed by atoms with Gasteiger partial charge in [-0.05, 0) is 111 Å². The predicted molar refractivity (Wildman–Crippen MR) is 229 cm³/mol. The maximum Gasteiger partial charge on any atom is 0.416 e. The average Bonchev–Trinajstić information content (AvgIpc) is 3.58. The Kier molecular flexibility index (Phi) is 14.8. The van der Waals surface area contributed by atoms with Crippen LogP contribution in [0.3, 0.4) is 0 Å². The van der Waals surface area contributed by atoms with Crippen LogP contribution in [0, 0.1) is 0 Å². The number of nitrogens with zero attached hydrogens (tertiary/aromatic N) is 4. The summed E-state index contributed by atoms with van der Waals surface area (Å²) in [4.78, 5) is 46.6. The fourth-order valence-corrected chi connectivity index (χ4v) is 9.97. The van der Waals surface area contributed by atoms with Gasteiger partial charge in [0.1, 0.15) is 12.2 Å². The molecule has 4 aliphatic rings. The molecule has 3 heterocycles. The van der Waals surface area contributed by atoms with Crippen molar-refractivity contribution in [2.75, 3.05) is 79.2 Å². The fourth-order valence-electron chi connectivity index (χ4n) is 9.67. The van der Waals surface area contributed by atoms with Gasteiger partial charge in [-0.1, -0.05) is 53.5 Å². The van der Waals surface area contributed by atoms with Crippen LogP contribution < -0.4 is 5.32 Å². The van der Waals surface area contributed by atoms with Gasteiger partial charge in [-0.15, -0.1) is 0 Å². The molecule has 64 heavy (non-hydrogen) atoms. The number of likely N-dealkylation sites (N-methyl/N-ethyl adjacent to an activating group) is 1. The van der Waals surface area contributed by atoms with Gasteiger partial charge in [0, 0.05) is 57.3 Å². The molecule has 3 aromatic carbocycles. The van der Waals surface area contributed by atoms with Gasteiger partial charge < -0.3 is 34.4 Å². The van der Waals surface area contributed by atoms with Gasteiger partial charge in [-0.3, -0.25) is 9.59 Å². The summed E-state index contributed by atoms with van der Waals surface area (Å²) in [5.74, 6) is -1.14. The summed E-state index contributed by atoms with van der Waals surface area (Å²) in [5.41, 5.74) is -2.53. The van der Waals surface area contributed by atoms with Crippen LogP contribution in [0.1, 0.15) is 83.1 Å². The highest BCUT2D eigenvalue weighted by molar-refractivity contribution is 6.42. The minimum atomic E-state index is -5.12. The molecule has 4 amide bonds. The summed E-state index contributed by atoms with van der Waals surface area (Å²) in [5, 5.41) is 3.44. The molecule has 348 valence electrons. The third kappa shape index (κ3) is 10.8. The maximum atomic E-state index is 13.9. The number of ether oxygens (including phenoxy) is 2. The number of morpholine rings is 1. The van der Waals surface area contributed by atoms with Crippen molar-refractivity contribution in [3.63, 3.8) is 0 Å². The number of hydrogen-bond donors (Lipinski definition) is 1. The van der Waals surface area contributed by atoms with E-state index in [4.69, 9.17) is 32.7 Å². The molecule has 3 fully saturated rings. The molecule has 3 saturated heterocycles. The standard InChI is InChI=1S/C46H53Cl2F6N5O5/c1-56(16-7-15-55-42(62)58-17-5-2-6-18-58)40(60)29-63-39-26-31-8-3-4-9-36(31)43(39)12-19-57(20-13-43)21-14-44(33-10-11-37(47)38(48)28-33)30-59(22-23-64-44)41(61)32-24-34(45(49,50)51)27-35(25-32)46(52,53)54/h3-4,8-11,24-25,27-28,39H,2,5-7,12-23,26,29-30H2,1H3,(H,55,62)/t39?,44-/m0/s1. The Balaban J connectivity index is 1.01. The van der Waals surface area contributed by atoms with E-state index in [1.54, 1.807) is 30.1 Å². The average molecular weight is 941 g/mol. The van der Waals surface area contributed by atoms with Crippen molar-refractivity contribution in [1.82, 2.24) is 24.9 Å². The van der Waals surface area contributed by atoms with Crippen LogP contribution in [0.15, 0.2) is 60.7 Å². The fraction of sp³-hybridized carbons (Fsp3) is 0.543. The summed E-state index contributed by atoms with van der Waals surface area (Å²) in [7, 11) is 1.74. The first-order valence-electron chi connectivity index (χ1n) is 21.8. The van der Waals surface area contributed by atoms with E-state index in [-0.39, 0.29) is 65.9 Å². The largest absolute Gasteiger partial charge is 0.416 e. The first kappa shape index (κ1) is 47.9. The first-order valence-corrected chi connectivity index (χ1v) is 22.5. The summed E-state index contributed by atoms with van der Waals surface area (Å²) in [6, 6.07) is 13.9. The van der Waals surface area contributed by atoms with Crippen LogP contribution in [-0.2, 0) is 44.1 Å². The van der Waals surface area contributed by atoms with E-state index in [0.29, 0.717) is 69.7 Å². The molecule has 0 radical (unpaired) electrons. The number of benzene rings is 3. The molecule has 0 aromatic heterocycles. The minimum absolute atomic E-state index is 0.000787. The predicted octanol–water partition coefficient (Wildman–Crippen LogP) is 8.81. The van der Waals surface area contributed by atoms with E-state index in [9.17, 15) is 40.7 Å². The topological polar surface area (TPSA) is 94.7 Å². The number of urea groups is 1. The van der Waals surface area contributed by atoms with Crippen LogP contribution in [0.4, 0.5) is 31.1 Å². The van der Waals surface area contributed by atoms with Crippen molar-refractivity contribution in [3.8, 4) is 0 Å². The Hall–Kier alpha value is -4.09. The molecule has 2 atom stereocenters. The summed E-state index contributed by atoms with van der Waals surface area (Å²) >= 11 is 12.7. The zero-order chi connectivity index (χ0) is 45.9. The van der Waals surface area contributed by atoms with Gasteiger partial charge in [0.2, 0.25) is 5.91 Å². The summed E-state index contributed by atoms with van der Waals surface area (Å²) < 4.78 is 95.5. The van der Waals surface area contributed by atoms with Crippen molar-refractivity contribution in [3.05, 3.63) is 104 Å². The van der Waals surface area contributed by atoms with E-state index < -0.39 is 40.6 Å². The van der Waals surface area contributed by atoms with E-state index in [2.05, 4.69) is 22.3 Å². The van der Waals surface area contributed by atoms with Crippen LogP contribution >= 0.6 is 23.2 Å². The maximum absolute atomic E-state index is 13.9. The number of halogens is 8. The number of piperidine rings is 2. The van der Waals surface area contributed by atoms with Crippen molar-refractivity contribution < 1.29 is 50.2 Å². The summed E-state index contributed by atoms with van der Waals surface area (Å²) in [6.07, 6.45) is -4.30. The van der Waals surface area contributed by atoms with Gasteiger partial charge >= 0.3 is 18.4 Å². The monoisotopic (exact) mass is 939 g/mol. The first-order chi connectivity index (χ1) is 30.4. The number of amides is 4. The molecule has 1 unspecified atom stereocenters. The number of likely N-dealkylation sites (tertiary alicyclic amines) is 2. The molecule has 0 saturated carbocycles. The van der Waals surface area contributed by atoms with Crippen molar-refractivity contribution in [1.29, 1.82) is 0 Å². The smallest absolute Gasteiger partial charge is 0.367 e. The Morgan fingerprint density at radius 3 is 2.22 bits per heavy atom. The Labute approximate surface area is 379 Å². The zero-order valence-corrected chi connectivity index (χ0v) is 37.2. The number of carbonyl (C=O) groups is 3. The van der Waals surface area contributed by atoms with Crippen LogP contribution in [0.25, 0.3) is 0 Å². The number of nitrogens with one attached hydrogen (secondary N) is 1. The van der Waals surface area contributed by atoms with Crippen LogP contribution in [0.5, 0.6) is 0 Å². The number of carbonyl (C=O) groups excluding carboxylic acids is 3. The normalized spacial score (nSPS) is 21.5. The second-order valence-corrected chi connectivity index (χ2v) is 18.2. The molecule has 1 aliphatic carbocycles. The second-order valence-electron chi connectivity index (χ2n) is 17.4. The number of hydrogen-bond acceptors (Lipinski definition) is 6. The van der Waals surface area contributed by atoms with Crippen molar-refractivity contribution in [2.24, 2.45) is 0 Å². The van der Waals surface area contributed by atoms with Gasteiger partial charge in [0.05, 0.1) is 40.4 Å². The lowest BCUT2D eigenvalue weighted by molar-refractivity contribution is -0.143.